The Morgan fingerprint density at radius 2 is 2.20 bits per heavy atom. The molecule has 0 aliphatic rings. The highest BCUT2D eigenvalue weighted by Gasteiger charge is 1.97. The van der Waals surface area contributed by atoms with Crippen LogP contribution in [0.4, 0.5) is 4.39 Å². The van der Waals surface area contributed by atoms with Gasteiger partial charge in [0, 0.05) is 0 Å². The van der Waals surface area contributed by atoms with Crippen LogP contribution in [-0.4, -0.2) is 0 Å². The van der Waals surface area contributed by atoms with Crippen molar-refractivity contribution in [2.24, 2.45) is 0 Å². The summed E-state index contributed by atoms with van der Waals surface area (Å²) in [6.07, 6.45) is 0.742. The summed E-state index contributed by atoms with van der Waals surface area (Å²) in [6.45, 7) is 5.55. The molecule has 0 nitrogen and oxygen atoms in total. The first-order valence-electron chi connectivity index (χ1n) is 3.34. The molecule has 0 aliphatic heterocycles. The number of hydrogen-bond acceptors (Lipinski definition) is 0. The van der Waals surface area contributed by atoms with Gasteiger partial charge in [-0.15, -0.1) is 0 Å². The van der Waals surface area contributed by atoms with Gasteiger partial charge >= 0.3 is 0 Å². The van der Waals surface area contributed by atoms with Gasteiger partial charge in [-0.05, 0) is 30.5 Å². The molecule has 0 saturated heterocycles. The van der Waals surface area contributed by atoms with Crippen molar-refractivity contribution in [3.05, 3.63) is 42.1 Å². The molecule has 0 aromatic heterocycles. The lowest BCUT2D eigenvalue weighted by Gasteiger charge is -1.98. The Balaban J connectivity index is 3.07. The van der Waals surface area contributed by atoms with Crippen LogP contribution in [-0.2, 0) is 6.42 Å². The van der Waals surface area contributed by atoms with Crippen LogP contribution < -0.4 is 0 Å². The van der Waals surface area contributed by atoms with Gasteiger partial charge in [0.25, 0.3) is 0 Å². The number of benzene rings is 1. The van der Waals surface area contributed by atoms with E-state index < -0.39 is 0 Å². The van der Waals surface area contributed by atoms with Crippen molar-refractivity contribution in [2.45, 2.75) is 13.3 Å². The third kappa shape index (κ3) is 1.35. The number of halogens is 1. The second kappa shape index (κ2) is 2.82. The molecule has 53 valence electrons. The molecule has 0 unspecified atom stereocenters. The predicted molar refractivity (Wildman–Crippen MR) is 40.2 cm³/mol. The minimum atomic E-state index is -0.144. The van der Waals surface area contributed by atoms with Gasteiger partial charge in [-0.1, -0.05) is 19.1 Å². The molecule has 0 heterocycles. The third-order valence-corrected chi connectivity index (χ3v) is 1.50. The molecule has 0 atom stereocenters. The minimum absolute atomic E-state index is 0.144. The van der Waals surface area contributed by atoms with E-state index in [2.05, 4.69) is 6.92 Å². The van der Waals surface area contributed by atoms with E-state index in [1.54, 1.807) is 6.07 Å². The fraction of sp³-hybridized carbons (Fsp3) is 0.222. The smallest absolute Gasteiger partial charge is 0.126 e. The van der Waals surface area contributed by atoms with Crippen LogP contribution in [0.3, 0.4) is 0 Å². The lowest BCUT2D eigenvalue weighted by Crippen LogP contribution is -1.87. The molecule has 1 heteroatoms. The van der Waals surface area contributed by atoms with Crippen LogP contribution in [0, 0.1) is 12.7 Å². The van der Waals surface area contributed by atoms with Gasteiger partial charge in [0.05, 0.1) is 0 Å². The highest BCUT2D eigenvalue weighted by molar-refractivity contribution is 5.25. The molecule has 0 aliphatic carbocycles. The summed E-state index contributed by atoms with van der Waals surface area (Å²) < 4.78 is 12.8. The summed E-state index contributed by atoms with van der Waals surface area (Å²) in [5.41, 5.74) is 1.49. The Hall–Kier alpha value is -0.850. The third-order valence-electron chi connectivity index (χ3n) is 1.50. The minimum Gasteiger partial charge on any atom is -0.207 e. The van der Waals surface area contributed by atoms with E-state index in [0.29, 0.717) is 0 Å². The van der Waals surface area contributed by atoms with Gasteiger partial charge in [0.1, 0.15) is 5.82 Å². The number of rotatable bonds is 1. The second-order valence-electron chi connectivity index (χ2n) is 2.28. The average Bonchev–Trinajstić information content (AvgIpc) is 1.88. The predicted octanol–water partition coefficient (Wildman–Crippen LogP) is 2.57. The summed E-state index contributed by atoms with van der Waals surface area (Å²) in [5.74, 6) is -0.144. The molecule has 10 heavy (non-hydrogen) atoms. The molecule has 0 N–H and O–H groups in total. The Kier molecular flexibility index (Phi) is 2.05. The van der Waals surface area contributed by atoms with E-state index in [4.69, 9.17) is 0 Å². The van der Waals surface area contributed by atoms with Gasteiger partial charge in [0.15, 0.2) is 0 Å². The molecule has 0 bridgehead atoms. The fourth-order valence-corrected chi connectivity index (χ4v) is 0.878. The zero-order chi connectivity index (χ0) is 7.56. The standard InChI is InChI=1S/C9H10F/c1-3-8-5-4-7(2)6-9(8)10/h4-6H,2-3H2,1H3. The summed E-state index contributed by atoms with van der Waals surface area (Å²) in [5, 5.41) is 0. The molecular weight excluding hydrogens is 127 g/mol. The monoisotopic (exact) mass is 137 g/mol. The molecule has 0 saturated carbocycles. The molecule has 0 fully saturated rings. The maximum Gasteiger partial charge on any atom is 0.126 e. The van der Waals surface area contributed by atoms with E-state index in [1.165, 1.54) is 6.07 Å². The van der Waals surface area contributed by atoms with Crippen LogP contribution >= 0.6 is 0 Å². The summed E-state index contributed by atoms with van der Waals surface area (Å²) in [7, 11) is 0. The Morgan fingerprint density at radius 1 is 1.50 bits per heavy atom. The summed E-state index contributed by atoms with van der Waals surface area (Å²) >= 11 is 0. The molecule has 1 radical (unpaired) electrons. The first kappa shape index (κ1) is 7.26. The van der Waals surface area contributed by atoms with Crippen molar-refractivity contribution < 1.29 is 4.39 Å². The first-order valence-corrected chi connectivity index (χ1v) is 3.34. The SMILES string of the molecule is [CH2]c1ccc(CC)c(F)c1. The maximum absolute atomic E-state index is 12.8. The molecular formula is C9H10F. The van der Waals surface area contributed by atoms with Crippen LogP contribution in [0.2, 0.25) is 0 Å². The normalized spacial score (nSPS) is 9.90. The Bertz CT molecular complexity index is 228. The summed E-state index contributed by atoms with van der Waals surface area (Å²) in [6, 6.07) is 5.05. The molecule has 1 rings (SSSR count). The van der Waals surface area contributed by atoms with Crippen LogP contribution in [0.15, 0.2) is 18.2 Å². The van der Waals surface area contributed by atoms with Gasteiger partial charge in [0.2, 0.25) is 0 Å². The zero-order valence-electron chi connectivity index (χ0n) is 6.02. The second-order valence-corrected chi connectivity index (χ2v) is 2.28. The van der Waals surface area contributed by atoms with E-state index >= 15 is 0 Å². The van der Waals surface area contributed by atoms with Crippen molar-refractivity contribution in [3.63, 3.8) is 0 Å². The van der Waals surface area contributed by atoms with Crippen molar-refractivity contribution >= 4 is 0 Å². The number of aryl methyl sites for hydroxylation is 1. The highest BCUT2D eigenvalue weighted by atomic mass is 19.1. The van der Waals surface area contributed by atoms with Crippen molar-refractivity contribution in [3.8, 4) is 0 Å². The first-order chi connectivity index (χ1) is 4.74. The molecule has 0 spiro atoms. The van der Waals surface area contributed by atoms with E-state index in [-0.39, 0.29) is 5.82 Å². The van der Waals surface area contributed by atoms with Crippen LogP contribution in [0.5, 0.6) is 0 Å². The largest absolute Gasteiger partial charge is 0.207 e. The topological polar surface area (TPSA) is 0 Å². The molecule has 0 amide bonds. The van der Waals surface area contributed by atoms with Crippen LogP contribution in [0.1, 0.15) is 18.1 Å². The average molecular weight is 137 g/mol. The molecule has 1 aromatic rings. The highest BCUT2D eigenvalue weighted by Crippen LogP contribution is 2.09. The van der Waals surface area contributed by atoms with Crippen molar-refractivity contribution in [1.82, 2.24) is 0 Å². The Morgan fingerprint density at radius 3 is 2.70 bits per heavy atom. The Labute approximate surface area is 60.7 Å². The molecule has 1 aromatic carbocycles. The number of hydrogen-bond donors (Lipinski definition) is 0. The maximum atomic E-state index is 12.8. The lowest BCUT2D eigenvalue weighted by atomic mass is 10.1. The van der Waals surface area contributed by atoms with Gasteiger partial charge in [-0.3, -0.25) is 0 Å². The van der Waals surface area contributed by atoms with Gasteiger partial charge in [-0.2, -0.15) is 0 Å². The van der Waals surface area contributed by atoms with Crippen LogP contribution in [0.25, 0.3) is 0 Å². The lowest BCUT2D eigenvalue weighted by molar-refractivity contribution is 0.611. The van der Waals surface area contributed by atoms with Crippen molar-refractivity contribution in [1.29, 1.82) is 0 Å². The quantitative estimate of drug-likeness (QED) is 0.558. The van der Waals surface area contributed by atoms with Crippen molar-refractivity contribution in [2.75, 3.05) is 0 Å². The van der Waals surface area contributed by atoms with E-state index in [9.17, 15) is 4.39 Å². The van der Waals surface area contributed by atoms with E-state index in [0.717, 1.165) is 17.5 Å². The zero-order valence-corrected chi connectivity index (χ0v) is 6.02. The van der Waals surface area contributed by atoms with E-state index in [1.807, 2.05) is 13.0 Å². The fourth-order valence-electron chi connectivity index (χ4n) is 0.878. The van der Waals surface area contributed by atoms with Gasteiger partial charge < -0.3 is 0 Å². The van der Waals surface area contributed by atoms with Gasteiger partial charge in [-0.25, -0.2) is 4.39 Å². The summed E-state index contributed by atoms with van der Waals surface area (Å²) in [4.78, 5) is 0.